The van der Waals surface area contributed by atoms with Crippen LogP contribution in [0.5, 0.6) is 0 Å². The summed E-state index contributed by atoms with van der Waals surface area (Å²) < 4.78 is 1.95. The second kappa shape index (κ2) is 3.96. The molecule has 0 bridgehead atoms. The maximum Gasteiger partial charge on any atom is 0.181 e. The fourth-order valence-electron chi connectivity index (χ4n) is 2.32. The molecule has 0 aliphatic carbocycles. The molecule has 2 heterocycles. The van der Waals surface area contributed by atoms with E-state index in [-0.39, 0.29) is 6.04 Å². The van der Waals surface area contributed by atoms with Crippen LogP contribution in [0.4, 0.5) is 0 Å². The minimum Gasteiger partial charge on any atom is -0.321 e. The highest BCUT2D eigenvalue weighted by atomic mass is 15.4. The third-order valence-electron chi connectivity index (χ3n) is 3.30. The Morgan fingerprint density at radius 2 is 2.18 bits per heavy atom. The van der Waals surface area contributed by atoms with Crippen molar-refractivity contribution in [3.63, 3.8) is 0 Å². The SMILES string of the molecule is Cc1ccccc1-c1nc2n(n1)CCCC2N. The van der Waals surface area contributed by atoms with Crippen LogP contribution < -0.4 is 5.73 Å². The van der Waals surface area contributed by atoms with E-state index < -0.39 is 0 Å². The van der Waals surface area contributed by atoms with Crippen LogP contribution in [0.2, 0.25) is 0 Å². The second-order valence-corrected chi connectivity index (χ2v) is 4.58. The summed E-state index contributed by atoms with van der Waals surface area (Å²) in [7, 11) is 0. The molecule has 4 heteroatoms. The van der Waals surface area contributed by atoms with Gasteiger partial charge in [-0.1, -0.05) is 24.3 Å². The Balaban J connectivity index is 2.08. The van der Waals surface area contributed by atoms with Gasteiger partial charge < -0.3 is 5.73 Å². The Morgan fingerprint density at radius 1 is 1.35 bits per heavy atom. The van der Waals surface area contributed by atoms with Gasteiger partial charge in [0.15, 0.2) is 5.82 Å². The highest BCUT2D eigenvalue weighted by Crippen LogP contribution is 2.25. The lowest BCUT2D eigenvalue weighted by atomic mass is 10.1. The Bertz CT molecular complexity index is 544. The molecular formula is C13H16N4. The summed E-state index contributed by atoms with van der Waals surface area (Å²) in [5.41, 5.74) is 8.35. The molecule has 0 fully saturated rings. The van der Waals surface area contributed by atoms with E-state index >= 15 is 0 Å². The van der Waals surface area contributed by atoms with Gasteiger partial charge >= 0.3 is 0 Å². The molecule has 1 aliphatic heterocycles. The fraction of sp³-hybridized carbons (Fsp3) is 0.385. The second-order valence-electron chi connectivity index (χ2n) is 4.58. The smallest absolute Gasteiger partial charge is 0.181 e. The van der Waals surface area contributed by atoms with Crippen molar-refractivity contribution in [2.45, 2.75) is 32.4 Å². The van der Waals surface area contributed by atoms with Gasteiger partial charge in [0.25, 0.3) is 0 Å². The van der Waals surface area contributed by atoms with Crippen LogP contribution in [0.15, 0.2) is 24.3 Å². The molecule has 1 aromatic carbocycles. The fourth-order valence-corrected chi connectivity index (χ4v) is 2.32. The van der Waals surface area contributed by atoms with Crippen LogP contribution in [0.3, 0.4) is 0 Å². The number of rotatable bonds is 1. The van der Waals surface area contributed by atoms with E-state index in [1.807, 2.05) is 16.8 Å². The molecular weight excluding hydrogens is 212 g/mol. The molecule has 0 saturated heterocycles. The van der Waals surface area contributed by atoms with E-state index in [0.717, 1.165) is 36.6 Å². The first kappa shape index (κ1) is 10.5. The molecule has 3 rings (SSSR count). The van der Waals surface area contributed by atoms with Gasteiger partial charge in [0, 0.05) is 12.1 Å². The summed E-state index contributed by atoms with van der Waals surface area (Å²) in [4.78, 5) is 4.59. The number of aryl methyl sites for hydroxylation is 2. The summed E-state index contributed by atoms with van der Waals surface area (Å²) in [5.74, 6) is 1.73. The maximum atomic E-state index is 6.05. The van der Waals surface area contributed by atoms with Gasteiger partial charge in [-0.05, 0) is 25.3 Å². The number of aromatic nitrogens is 3. The third-order valence-corrected chi connectivity index (χ3v) is 3.30. The van der Waals surface area contributed by atoms with Crippen LogP contribution >= 0.6 is 0 Å². The molecule has 2 N–H and O–H groups in total. The van der Waals surface area contributed by atoms with Crippen molar-refractivity contribution in [1.29, 1.82) is 0 Å². The van der Waals surface area contributed by atoms with Crippen LogP contribution in [0, 0.1) is 6.92 Å². The molecule has 4 nitrogen and oxygen atoms in total. The molecule has 0 saturated carbocycles. The summed E-state index contributed by atoms with van der Waals surface area (Å²) in [6.07, 6.45) is 2.09. The van der Waals surface area contributed by atoms with Crippen LogP contribution in [-0.2, 0) is 6.54 Å². The van der Waals surface area contributed by atoms with Gasteiger partial charge in [-0.3, -0.25) is 0 Å². The zero-order valence-electron chi connectivity index (χ0n) is 9.93. The number of nitrogens with zero attached hydrogens (tertiary/aromatic N) is 3. The van der Waals surface area contributed by atoms with E-state index in [1.165, 1.54) is 5.56 Å². The minimum atomic E-state index is 0.0361. The lowest BCUT2D eigenvalue weighted by molar-refractivity contribution is 0.422. The summed E-state index contributed by atoms with van der Waals surface area (Å²) >= 11 is 0. The number of fused-ring (bicyclic) bond motifs is 1. The largest absolute Gasteiger partial charge is 0.321 e. The Labute approximate surface area is 100 Å². The zero-order valence-corrected chi connectivity index (χ0v) is 9.93. The molecule has 0 spiro atoms. The zero-order chi connectivity index (χ0) is 11.8. The van der Waals surface area contributed by atoms with Crippen molar-refractivity contribution in [1.82, 2.24) is 14.8 Å². The van der Waals surface area contributed by atoms with Crippen molar-refractivity contribution < 1.29 is 0 Å². The molecule has 1 atom stereocenters. The van der Waals surface area contributed by atoms with Crippen LogP contribution in [0.25, 0.3) is 11.4 Å². The number of hydrogen-bond donors (Lipinski definition) is 1. The van der Waals surface area contributed by atoms with Crippen molar-refractivity contribution in [2.75, 3.05) is 0 Å². The average molecular weight is 228 g/mol. The first-order valence-corrected chi connectivity index (χ1v) is 6.02. The number of hydrogen-bond acceptors (Lipinski definition) is 3. The predicted molar refractivity (Wildman–Crippen MR) is 66.4 cm³/mol. The highest BCUT2D eigenvalue weighted by Gasteiger charge is 2.21. The Morgan fingerprint density at radius 3 is 2.94 bits per heavy atom. The molecule has 0 radical (unpaired) electrons. The molecule has 88 valence electrons. The average Bonchev–Trinajstić information content (AvgIpc) is 2.75. The highest BCUT2D eigenvalue weighted by molar-refractivity contribution is 5.59. The Kier molecular flexibility index (Phi) is 2.44. The van der Waals surface area contributed by atoms with Gasteiger partial charge in [-0.15, -0.1) is 0 Å². The van der Waals surface area contributed by atoms with E-state index in [0.29, 0.717) is 0 Å². The van der Waals surface area contributed by atoms with Gasteiger partial charge in [0.2, 0.25) is 0 Å². The van der Waals surface area contributed by atoms with Gasteiger partial charge in [0.1, 0.15) is 5.82 Å². The van der Waals surface area contributed by atoms with Crippen molar-refractivity contribution in [3.8, 4) is 11.4 Å². The summed E-state index contributed by atoms with van der Waals surface area (Å²) in [6, 6.07) is 8.22. The number of benzene rings is 1. The van der Waals surface area contributed by atoms with Gasteiger partial charge in [-0.25, -0.2) is 9.67 Å². The van der Waals surface area contributed by atoms with E-state index in [2.05, 4.69) is 29.1 Å². The van der Waals surface area contributed by atoms with E-state index in [1.54, 1.807) is 0 Å². The lowest BCUT2D eigenvalue weighted by Crippen LogP contribution is -2.22. The van der Waals surface area contributed by atoms with Crippen molar-refractivity contribution in [3.05, 3.63) is 35.7 Å². The topological polar surface area (TPSA) is 56.7 Å². The van der Waals surface area contributed by atoms with Gasteiger partial charge in [0.05, 0.1) is 6.04 Å². The molecule has 2 aromatic rings. The predicted octanol–water partition coefficient (Wildman–Crippen LogP) is 2.05. The van der Waals surface area contributed by atoms with Gasteiger partial charge in [-0.2, -0.15) is 5.10 Å². The van der Waals surface area contributed by atoms with Crippen molar-refractivity contribution >= 4 is 0 Å². The molecule has 0 amide bonds. The lowest BCUT2D eigenvalue weighted by Gasteiger charge is -2.17. The third kappa shape index (κ3) is 1.74. The molecule has 1 aromatic heterocycles. The molecule has 1 unspecified atom stereocenters. The van der Waals surface area contributed by atoms with E-state index in [9.17, 15) is 0 Å². The summed E-state index contributed by atoms with van der Waals surface area (Å²) in [5, 5.41) is 4.56. The first-order chi connectivity index (χ1) is 8.25. The molecule has 1 aliphatic rings. The number of nitrogens with two attached hydrogens (primary N) is 1. The van der Waals surface area contributed by atoms with E-state index in [4.69, 9.17) is 5.73 Å². The monoisotopic (exact) mass is 228 g/mol. The van der Waals surface area contributed by atoms with Crippen LogP contribution in [-0.4, -0.2) is 14.8 Å². The molecule has 17 heavy (non-hydrogen) atoms. The maximum absolute atomic E-state index is 6.05. The van der Waals surface area contributed by atoms with Crippen molar-refractivity contribution in [2.24, 2.45) is 5.73 Å². The Hall–Kier alpha value is -1.68. The van der Waals surface area contributed by atoms with Crippen LogP contribution in [0.1, 0.15) is 30.3 Å². The minimum absolute atomic E-state index is 0.0361. The standard InChI is InChI=1S/C13H16N4/c1-9-5-2-3-6-10(9)12-15-13-11(14)7-4-8-17(13)16-12/h2-3,5-6,11H,4,7-8,14H2,1H3. The summed E-state index contributed by atoms with van der Waals surface area (Å²) in [6.45, 7) is 3.01. The first-order valence-electron chi connectivity index (χ1n) is 6.02. The quantitative estimate of drug-likeness (QED) is 0.812. The normalized spacial score (nSPS) is 19.1.